The standard InChI is InChI=1S/C12H17N5O2/c1-4-13-11-14-6-5-8(15-11)17-7-9(18)16-10(19)12(17,2)3/h5-6H,4,7H2,1-3H3,(H,13,14,15)(H,16,18,19). The highest BCUT2D eigenvalue weighted by Crippen LogP contribution is 2.24. The van der Waals surface area contributed by atoms with Gasteiger partial charge in [-0.2, -0.15) is 4.98 Å². The highest BCUT2D eigenvalue weighted by Gasteiger charge is 2.41. The molecule has 0 aromatic carbocycles. The molecule has 1 aliphatic rings. The zero-order valence-corrected chi connectivity index (χ0v) is 11.2. The maximum absolute atomic E-state index is 11.9. The van der Waals surface area contributed by atoms with Crippen molar-refractivity contribution in [2.75, 3.05) is 23.3 Å². The van der Waals surface area contributed by atoms with E-state index in [0.29, 0.717) is 18.3 Å². The van der Waals surface area contributed by atoms with Crippen LogP contribution in [0.15, 0.2) is 12.3 Å². The molecule has 0 atom stereocenters. The normalized spacial score (nSPS) is 18.2. The fourth-order valence-corrected chi connectivity index (χ4v) is 1.89. The fourth-order valence-electron chi connectivity index (χ4n) is 1.89. The number of hydrogen-bond acceptors (Lipinski definition) is 6. The van der Waals surface area contributed by atoms with E-state index in [0.717, 1.165) is 0 Å². The molecule has 2 rings (SSSR count). The molecule has 0 saturated carbocycles. The Hall–Kier alpha value is -2.18. The molecule has 0 radical (unpaired) electrons. The van der Waals surface area contributed by atoms with E-state index in [1.165, 1.54) is 0 Å². The first-order valence-electron chi connectivity index (χ1n) is 6.14. The predicted octanol–water partition coefficient (Wildman–Crippen LogP) is 0.150. The molecule has 1 fully saturated rings. The Morgan fingerprint density at radius 3 is 2.89 bits per heavy atom. The van der Waals surface area contributed by atoms with Gasteiger partial charge in [0.2, 0.25) is 11.9 Å². The van der Waals surface area contributed by atoms with Gasteiger partial charge in [0, 0.05) is 12.7 Å². The number of piperazine rings is 1. The molecule has 1 aromatic rings. The second kappa shape index (κ2) is 4.83. The molecular formula is C12H17N5O2. The fraction of sp³-hybridized carbons (Fsp3) is 0.500. The van der Waals surface area contributed by atoms with E-state index < -0.39 is 5.54 Å². The quantitative estimate of drug-likeness (QED) is 0.755. The summed E-state index contributed by atoms with van der Waals surface area (Å²) >= 11 is 0. The van der Waals surface area contributed by atoms with E-state index >= 15 is 0 Å². The van der Waals surface area contributed by atoms with Crippen LogP contribution in [0.1, 0.15) is 20.8 Å². The van der Waals surface area contributed by atoms with Gasteiger partial charge in [0.05, 0.1) is 6.54 Å². The van der Waals surface area contributed by atoms with E-state index in [1.54, 1.807) is 31.0 Å². The number of imide groups is 1. The van der Waals surface area contributed by atoms with Gasteiger partial charge < -0.3 is 10.2 Å². The largest absolute Gasteiger partial charge is 0.354 e. The van der Waals surface area contributed by atoms with Crippen LogP contribution in [0.2, 0.25) is 0 Å². The smallest absolute Gasteiger partial charge is 0.251 e. The summed E-state index contributed by atoms with van der Waals surface area (Å²) < 4.78 is 0. The van der Waals surface area contributed by atoms with Gasteiger partial charge in [-0.15, -0.1) is 0 Å². The molecule has 2 N–H and O–H groups in total. The lowest BCUT2D eigenvalue weighted by molar-refractivity contribution is -0.135. The van der Waals surface area contributed by atoms with Crippen molar-refractivity contribution in [3.8, 4) is 0 Å². The Kier molecular flexibility index (Phi) is 3.37. The minimum atomic E-state index is -0.828. The summed E-state index contributed by atoms with van der Waals surface area (Å²) in [6.07, 6.45) is 1.60. The van der Waals surface area contributed by atoms with E-state index in [-0.39, 0.29) is 18.4 Å². The number of rotatable bonds is 3. The third-order valence-corrected chi connectivity index (χ3v) is 3.04. The summed E-state index contributed by atoms with van der Waals surface area (Å²) in [5.41, 5.74) is -0.828. The highest BCUT2D eigenvalue weighted by atomic mass is 16.2. The Morgan fingerprint density at radius 1 is 1.47 bits per heavy atom. The van der Waals surface area contributed by atoms with Crippen LogP contribution in [0.25, 0.3) is 0 Å². The molecule has 0 aliphatic carbocycles. The van der Waals surface area contributed by atoms with Crippen LogP contribution < -0.4 is 15.5 Å². The summed E-state index contributed by atoms with van der Waals surface area (Å²) in [6, 6.07) is 1.69. The van der Waals surface area contributed by atoms with Gasteiger partial charge in [-0.05, 0) is 26.8 Å². The molecule has 1 saturated heterocycles. The lowest BCUT2D eigenvalue weighted by atomic mass is 9.99. The van der Waals surface area contributed by atoms with Crippen LogP contribution in [0, 0.1) is 0 Å². The van der Waals surface area contributed by atoms with Gasteiger partial charge in [0.15, 0.2) is 0 Å². The Morgan fingerprint density at radius 2 is 2.21 bits per heavy atom. The number of anilines is 2. The number of amides is 2. The Bertz CT molecular complexity index is 515. The van der Waals surface area contributed by atoms with E-state index in [2.05, 4.69) is 20.6 Å². The number of carbonyl (C=O) groups is 2. The van der Waals surface area contributed by atoms with Gasteiger partial charge in [-0.25, -0.2) is 4.98 Å². The Labute approximate surface area is 111 Å². The minimum Gasteiger partial charge on any atom is -0.354 e. The van der Waals surface area contributed by atoms with Crippen molar-refractivity contribution < 1.29 is 9.59 Å². The molecule has 0 bridgehead atoms. The highest BCUT2D eigenvalue weighted by molar-refractivity contribution is 6.06. The molecule has 0 spiro atoms. The van der Waals surface area contributed by atoms with Crippen molar-refractivity contribution >= 4 is 23.6 Å². The van der Waals surface area contributed by atoms with Crippen LogP contribution in [0.3, 0.4) is 0 Å². The third kappa shape index (κ3) is 2.49. The van der Waals surface area contributed by atoms with Crippen molar-refractivity contribution in [2.24, 2.45) is 0 Å². The molecule has 7 nitrogen and oxygen atoms in total. The molecule has 19 heavy (non-hydrogen) atoms. The third-order valence-electron chi connectivity index (χ3n) is 3.04. The summed E-state index contributed by atoms with van der Waals surface area (Å²) in [5.74, 6) is 0.383. The molecule has 7 heteroatoms. The molecule has 2 amide bonds. The van der Waals surface area contributed by atoms with Gasteiger partial charge in [-0.1, -0.05) is 0 Å². The zero-order chi connectivity index (χ0) is 14.0. The summed E-state index contributed by atoms with van der Waals surface area (Å²) in [5, 5.41) is 5.33. The van der Waals surface area contributed by atoms with Gasteiger partial charge in [-0.3, -0.25) is 14.9 Å². The number of nitrogens with one attached hydrogen (secondary N) is 2. The summed E-state index contributed by atoms with van der Waals surface area (Å²) in [6.45, 7) is 6.25. The molecule has 2 heterocycles. The first-order valence-corrected chi connectivity index (χ1v) is 6.14. The van der Waals surface area contributed by atoms with E-state index in [1.807, 2.05) is 6.92 Å². The number of nitrogens with zero attached hydrogens (tertiary/aromatic N) is 3. The van der Waals surface area contributed by atoms with Crippen molar-refractivity contribution in [3.63, 3.8) is 0 Å². The maximum atomic E-state index is 11.9. The van der Waals surface area contributed by atoms with Crippen molar-refractivity contribution in [3.05, 3.63) is 12.3 Å². The molecular weight excluding hydrogens is 246 g/mol. The average Bonchev–Trinajstić information content (AvgIpc) is 2.35. The van der Waals surface area contributed by atoms with Crippen LogP contribution in [0.5, 0.6) is 0 Å². The summed E-state index contributed by atoms with van der Waals surface area (Å²) in [7, 11) is 0. The Balaban J connectivity index is 2.35. The number of hydrogen-bond donors (Lipinski definition) is 2. The van der Waals surface area contributed by atoms with Gasteiger partial charge in [0.1, 0.15) is 11.4 Å². The van der Waals surface area contributed by atoms with Crippen molar-refractivity contribution in [1.82, 2.24) is 15.3 Å². The average molecular weight is 263 g/mol. The van der Waals surface area contributed by atoms with Crippen molar-refractivity contribution in [2.45, 2.75) is 26.3 Å². The molecule has 102 valence electrons. The van der Waals surface area contributed by atoms with Crippen molar-refractivity contribution in [1.29, 1.82) is 0 Å². The number of carbonyl (C=O) groups excluding carboxylic acids is 2. The topological polar surface area (TPSA) is 87.2 Å². The maximum Gasteiger partial charge on any atom is 0.251 e. The molecule has 1 aliphatic heterocycles. The first kappa shape index (κ1) is 13.3. The van der Waals surface area contributed by atoms with E-state index in [4.69, 9.17) is 0 Å². The summed E-state index contributed by atoms with van der Waals surface area (Å²) in [4.78, 5) is 33.5. The van der Waals surface area contributed by atoms with Crippen LogP contribution in [-0.2, 0) is 9.59 Å². The second-order valence-electron chi connectivity index (χ2n) is 4.79. The van der Waals surface area contributed by atoms with Crippen LogP contribution in [0.4, 0.5) is 11.8 Å². The lowest BCUT2D eigenvalue weighted by Gasteiger charge is -2.40. The molecule has 0 unspecified atom stereocenters. The monoisotopic (exact) mass is 263 g/mol. The zero-order valence-electron chi connectivity index (χ0n) is 11.2. The first-order chi connectivity index (χ1) is 8.95. The lowest BCUT2D eigenvalue weighted by Crippen LogP contribution is -2.64. The van der Waals surface area contributed by atoms with Crippen LogP contribution >= 0.6 is 0 Å². The van der Waals surface area contributed by atoms with Crippen LogP contribution in [-0.4, -0.2) is 40.4 Å². The SMILES string of the molecule is CCNc1nccc(N2CC(=O)NC(=O)C2(C)C)n1. The minimum absolute atomic E-state index is 0.0985. The van der Waals surface area contributed by atoms with E-state index in [9.17, 15) is 9.59 Å². The second-order valence-corrected chi connectivity index (χ2v) is 4.79. The number of aromatic nitrogens is 2. The van der Waals surface area contributed by atoms with Gasteiger partial charge >= 0.3 is 0 Å². The predicted molar refractivity (Wildman–Crippen MR) is 70.8 cm³/mol. The van der Waals surface area contributed by atoms with Gasteiger partial charge in [0.25, 0.3) is 5.91 Å². The molecule has 1 aromatic heterocycles.